The Morgan fingerprint density at radius 3 is 2.75 bits per heavy atom. The van der Waals surface area contributed by atoms with E-state index < -0.39 is 23.3 Å². The highest BCUT2D eigenvalue weighted by atomic mass is 35.5. The maximum Gasteiger partial charge on any atom is 0.314 e. The standard InChI is InChI=1S/C15H12ClFN2O5/c1-23-10-3-5-14(13(7-10)19(21)22)24-8-15(20)18-12-6-9(16)2-4-11(12)17/h2-7H,8H2,1H3,(H,18,20). The highest BCUT2D eigenvalue weighted by Gasteiger charge is 2.18. The first-order valence-electron chi connectivity index (χ1n) is 6.61. The van der Waals surface area contributed by atoms with E-state index in [2.05, 4.69) is 5.32 Å². The molecule has 7 nitrogen and oxygen atoms in total. The Morgan fingerprint density at radius 1 is 1.33 bits per heavy atom. The molecule has 126 valence electrons. The average molecular weight is 355 g/mol. The van der Waals surface area contributed by atoms with E-state index >= 15 is 0 Å². The van der Waals surface area contributed by atoms with E-state index in [1.165, 1.54) is 37.4 Å². The number of nitrogens with zero attached hydrogens (tertiary/aromatic N) is 1. The molecule has 2 aromatic carbocycles. The van der Waals surface area contributed by atoms with E-state index in [1.54, 1.807) is 0 Å². The molecule has 0 radical (unpaired) electrons. The maximum absolute atomic E-state index is 13.5. The van der Waals surface area contributed by atoms with Crippen molar-refractivity contribution < 1.29 is 23.6 Å². The van der Waals surface area contributed by atoms with Gasteiger partial charge in [-0.2, -0.15) is 0 Å². The molecule has 0 unspecified atom stereocenters. The van der Waals surface area contributed by atoms with Gasteiger partial charge in [0.25, 0.3) is 5.91 Å². The van der Waals surface area contributed by atoms with Gasteiger partial charge in [0.05, 0.1) is 23.8 Å². The summed E-state index contributed by atoms with van der Waals surface area (Å²) < 4.78 is 23.6. The van der Waals surface area contributed by atoms with Crippen LogP contribution in [0.1, 0.15) is 0 Å². The van der Waals surface area contributed by atoms with E-state index in [-0.39, 0.29) is 27.9 Å². The molecule has 0 saturated carbocycles. The van der Waals surface area contributed by atoms with Crippen LogP contribution in [0, 0.1) is 15.9 Å². The summed E-state index contributed by atoms with van der Waals surface area (Å²) in [6.45, 7) is -0.543. The van der Waals surface area contributed by atoms with Crippen molar-refractivity contribution in [2.24, 2.45) is 0 Å². The fourth-order valence-electron chi connectivity index (χ4n) is 1.81. The van der Waals surface area contributed by atoms with Crippen LogP contribution in [0.2, 0.25) is 5.02 Å². The van der Waals surface area contributed by atoms with Crippen LogP contribution in [0.5, 0.6) is 11.5 Å². The molecule has 0 aromatic heterocycles. The van der Waals surface area contributed by atoms with Crippen molar-refractivity contribution in [2.45, 2.75) is 0 Å². The summed E-state index contributed by atoms with van der Waals surface area (Å²) in [6.07, 6.45) is 0. The van der Waals surface area contributed by atoms with Crippen molar-refractivity contribution in [3.63, 3.8) is 0 Å². The maximum atomic E-state index is 13.5. The first kappa shape index (κ1) is 17.5. The molecule has 24 heavy (non-hydrogen) atoms. The minimum atomic E-state index is -0.693. The molecule has 1 N–H and O–H groups in total. The van der Waals surface area contributed by atoms with Gasteiger partial charge in [0.1, 0.15) is 11.6 Å². The lowest BCUT2D eigenvalue weighted by atomic mass is 10.3. The summed E-state index contributed by atoms with van der Waals surface area (Å²) in [5.74, 6) is -1.19. The molecule has 1 amide bonds. The molecule has 2 aromatic rings. The van der Waals surface area contributed by atoms with E-state index in [1.807, 2.05) is 0 Å². The van der Waals surface area contributed by atoms with Crippen LogP contribution in [0.15, 0.2) is 36.4 Å². The van der Waals surface area contributed by atoms with Gasteiger partial charge in [-0.1, -0.05) is 11.6 Å². The Hall–Kier alpha value is -2.87. The lowest BCUT2D eigenvalue weighted by molar-refractivity contribution is -0.385. The molecule has 0 spiro atoms. The minimum absolute atomic E-state index is 0.109. The van der Waals surface area contributed by atoms with Gasteiger partial charge >= 0.3 is 5.69 Å². The summed E-state index contributed by atoms with van der Waals surface area (Å²) in [5.41, 5.74) is -0.462. The van der Waals surface area contributed by atoms with Gasteiger partial charge in [0, 0.05) is 5.02 Å². The van der Waals surface area contributed by atoms with Crippen LogP contribution >= 0.6 is 11.6 Å². The van der Waals surface area contributed by atoms with Gasteiger partial charge in [-0.25, -0.2) is 4.39 Å². The smallest absolute Gasteiger partial charge is 0.314 e. The quantitative estimate of drug-likeness (QED) is 0.634. The summed E-state index contributed by atoms with van der Waals surface area (Å²) in [6, 6.07) is 7.62. The van der Waals surface area contributed by atoms with E-state index in [9.17, 15) is 19.3 Å². The summed E-state index contributed by atoms with van der Waals surface area (Å²) in [4.78, 5) is 22.2. The molecule has 9 heteroatoms. The summed E-state index contributed by atoms with van der Waals surface area (Å²) in [7, 11) is 1.37. The van der Waals surface area contributed by atoms with Crippen molar-refractivity contribution in [1.82, 2.24) is 0 Å². The number of carbonyl (C=O) groups is 1. The predicted octanol–water partition coefficient (Wildman–Crippen LogP) is 3.41. The van der Waals surface area contributed by atoms with Gasteiger partial charge in [0.15, 0.2) is 12.4 Å². The van der Waals surface area contributed by atoms with Gasteiger partial charge in [-0.15, -0.1) is 0 Å². The van der Waals surface area contributed by atoms with Gasteiger partial charge in [0.2, 0.25) is 0 Å². The second-order valence-electron chi connectivity index (χ2n) is 4.55. The zero-order valence-electron chi connectivity index (χ0n) is 12.4. The Morgan fingerprint density at radius 2 is 2.08 bits per heavy atom. The largest absolute Gasteiger partial charge is 0.496 e. The number of carbonyl (C=O) groups excluding carboxylic acids is 1. The van der Waals surface area contributed by atoms with Crippen molar-refractivity contribution in [3.8, 4) is 11.5 Å². The topological polar surface area (TPSA) is 90.7 Å². The number of rotatable bonds is 6. The van der Waals surface area contributed by atoms with Gasteiger partial charge in [-0.05, 0) is 30.3 Å². The number of halogens is 2. The highest BCUT2D eigenvalue weighted by Crippen LogP contribution is 2.31. The number of benzene rings is 2. The Labute approximate surface area is 141 Å². The molecule has 2 rings (SSSR count). The Kier molecular flexibility index (Phi) is 5.54. The number of nitrogens with one attached hydrogen (secondary N) is 1. The molecule has 0 aliphatic carbocycles. The van der Waals surface area contributed by atoms with Gasteiger partial charge < -0.3 is 14.8 Å². The number of ether oxygens (including phenoxy) is 2. The van der Waals surface area contributed by atoms with Crippen LogP contribution in [0.3, 0.4) is 0 Å². The number of anilines is 1. The number of nitro groups is 1. The second-order valence-corrected chi connectivity index (χ2v) is 4.99. The monoisotopic (exact) mass is 354 g/mol. The summed E-state index contributed by atoms with van der Waals surface area (Å²) in [5, 5.41) is 13.5. The second kappa shape index (κ2) is 7.60. The van der Waals surface area contributed by atoms with E-state index in [0.717, 1.165) is 6.07 Å². The number of hydrogen-bond donors (Lipinski definition) is 1. The molecule has 0 aliphatic heterocycles. The molecular formula is C15H12ClFN2O5. The van der Waals surface area contributed by atoms with Crippen LogP contribution < -0.4 is 14.8 Å². The number of hydrogen-bond acceptors (Lipinski definition) is 5. The Bertz CT molecular complexity index is 784. The van der Waals surface area contributed by atoms with Crippen molar-refractivity contribution in [1.29, 1.82) is 0 Å². The highest BCUT2D eigenvalue weighted by molar-refractivity contribution is 6.30. The summed E-state index contributed by atoms with van der Waals surface area (Å²) >= 11 is 5.72. The van der Waals surface area contributed by atoms with Crippen molar-refractivity contribution >= 4 is 28.9 Å². The number of nitro benzene ring substituents is 1. The molecule has 0 fully saturated rings. The molecule has 0 bridgehead atoms. The SMILES string of the molecule is COc1ccc(OCC(=O)Nc2cc(Cl)ccc2F)c([N+](=O)[O-])c1. The lowest BCUT2D eigenvalue weighted by Gasteiger charge is -2.09. The lowest BCUT2D eigenvalue weighted by Crippen LogP contribution is -2.21. The van der Waals surface area contributed by atoms with Crippen molar-refractivity contribution in [3.05, 3.63) is 57.4 Å². The van der Waals surface area contributed by atoms with Crippen LogP contribution in [-0.2, 0) is 4.79 Å². The molecule has 0 heterocycles. The molecule has 0 aliphatic rings. The predicted molar refractivity (Wildman–Crippen MR) is 85.2 cm³/mol. The van der Waals surface area contributed by atoms with Crippen LogP contribution in [0.4, 0.5) is 15.8 Å². The molecule has 0 saturated heterocycles. The van der Waals surface area contributed by atoms with Gasteiger partial charge in [-0.3, -0.25) is 14.9 Å². The average Bonchev–Trinajstić information content (AvgIpc) is 2.56. The van der Waals surface area contributed by atoms with Crippen LogP contribution in [-0.4, -0.2) is 24.5 Å². The van der Waals surface area contributed by atoms with Crippen molar-refractivity contribution in [2.75, 3.05) is 19.0 Å². The molecule has 0 atom stereocenters. The first-order valence-corrected chi connectivity index (χ1v) is 6.98. The number of methoxy groups -OCH3 is 1. The fourth-order valence-corrected chi connectivity index (χ4v) is 1.98. The number of amides is 1. The zero-order valence-corrected chi connectivity index (χ0v) is 13.2. The normalized spacial score (nSPS) is 10.1. The van der Waals surface area contributed by atoms with Crippen LogP contribution in [0.25, 0.3) is 0 Å². The van der Waals surface area contributed by atoms with E-state index in [4.69, 9.17) is 21.1 Å². The first-order chi connectivity index (χ1) is 11.4. The minimum Gasteiger partial charge on any atom is -0.496 e. The third kappa shape index (κ3) is 4.32. The third-order valence-electron chi connectivity index (χ3n) is 2.92. The third-order valence-corrected chi connectivity index (χ3v) is 3.16. The fraction of sp³-hybridized carbons (Fsp3) is 0.133. The molecular weight excluding hydrogens is 343 g/mol. The Balaban J connectivity index is 2.06. The zero-order chi connectivity index (χ0) is 17.7. The van der Waals surface area contributed by atoms with E-state index in [0.29, 0.717) is 0 Å².